The molecule has 21 heavy (non-hydrogen) atoms. The third-order valence-electron chi connectivity index (χ3n) is 3.23. The van der Waals surface area contributed by atoms with Crippen molar-refractivity contribution in [3.8, 4) is 0 Å². The van der Waals surface area contributed by atoms with Gasteiger partial charge in [0.05, 0.1) is 11.6 Å². The number of nitrogens with zero attached hydrogens (tertiary/aromatic N) is 1. The van der Waals surface area contributed by atoms with Crippen LogP contribution < -0.4 is 0 Å². The van der Waals surface area contributed by atoms with Gasteiger partial charge in [-0.25, -0.2) is 0 Å². The number of rotatable bonds is 6. The van der Waals surface area contributed by atoms with E-state index in [4.69, 9.17) is 9.84 Å². The summed E-state index contributed by atoms with van der Waals surface area (Å²) in [4.78, 5) is 16.6. The predicted octanol–water partition coefficient (Wildman–Crippen LogP) is 2.90. The first-order valence-corrected chi connectivity index (χ1v) is 6.85. The van der Waals surface area contributed by atoms with E-state index in [-0.39, 0.29) is 30.7 Å². The number of ether oxygens (including phenoxy) is 1. The highest BCUT2D eigenvalue weighted by Gasteiger charge is 2.27. The van der Waals surface area contributed by atoms with Crippen molar-refractivity contribution in [1.82, 2.24) is 0 Å². The molecule has 4 nitrogen and oxygen atoms in total. The molecule has 114 valence electrons. The molecule has 0 saturated carbocycles. The van der Waals surface area contributed by atoms with Crippen molar-refractivity contribution in [1.29, 1.82) is 0 Å². The van der Waals surface area contributed by atoms with Crippen molar-refractivity contribution in [2.75, 3.05) is 6.61 Å². The smallest absolute Gasteiger partial charge is 0.207 e. The number of aliphatic hydroxyl groups is 1. The summed E-state index contributed by atoms with van der Waals surface area (Å²) < 4.78 is 5.70. The molecule has 0 amide bonds. The van der Waals surface area contributed by atoms with Gasteiger partial charge in [0.1, 0.15) is 6.61 Å². The Balaban J connectivity index is 0.00000220. The van der Waals surface area contributed by atoms with E-state index in [2.05, 4.69) is 4.99 Å². The van der Waals surface area contributed by atoms with E-state index in [1.54, 1.807) is 6.21 Å². The van der Waals surface area contributed by atoms with Crippen LogP contribution in [0.1, 0.15) is 25.3 Å². The number of hydrogen-bond acceptors (Lipinski definition) is 4. The van der Waals surface area contributed by atoms with Gasteiger partial charge in [-0.2, -0.15) is 0 Å². The highest BCUT2D eigenvalue weighted by molar-refractivity contribution is 6.06. The molecular formula is C16H20ClNO3. The highest BCUT2D eigenvalue weighted by atomic mass is 35.5. The maximum absolute atomic E-state index is 12.3. The van der Waals surface area contributed by atoms with Gasteiger partial charge in [-0.3, -0.25) is 9.79 Å². The van der Waals surface area contributed by atoms with Crippen molar-refractivity contribution in [3.63, 3.8) is 0 Å². The molecule has 0 radical (unpaired) electrons. The molecule has 0 fully saturated rings. The number of allylic oxidation sites excluding steroid dienone is 2. The molecular weight excluding hydrogens is 290 g/mol. The van der Waals surface area contributed by atoms with Crippen LogP contribution in [0.4, 0.5) is 0 Å². The summed E-state index contributed by atoms with van der Waals surface area (Å²) in [5, 5.41) is 8.98. The number of carbonyl (C=O) groups excluding carboxylic acids is 1. The molecule has 0 spiro atoms. The number of benzene rings is 1. The number of halogens is 1. The largest absolute Gasteiger partial charge is 0.483 e. The number of aliphatic imine (C=N–C) groups is 1. The molecule has 1 N–H and O–H groups in total. The Morgan fingerprint density at radius 3 is 2.62 bits per heavy atom. The molecule has 1 aromatic rings. The summed E-state index contributed by atoms with van der Waals surface area (Å²) in [7, 11) is 0. The molecule has 5 heteroatoms. The summed E-state index contributed by atoms with van der Waals surface area (Å²) >= 11 is 0. The number of ketones is 1. The number of carbonyl (C=O) groups is 1. The fourth-order valence-corrected chi connectivity index (χ4v) is 2.10. The molecule has 1 heterocycles. The molecule has 0 aromatic heterocycles. The van der Waals surface area contributed by atoms with Crippen LogP contribution in [0.15, 0.2) is 46.8 Å². The van der Waals surface area contributed by atoms with Crippen LogP contribution in [0.5, 0.6) is 0 Å². The van der Waals surface area contributed by atoms with Gasteiger partial charge in [-0.05, 0) is 18.4 Å². The quantitative estimate of drug-likeness (QED) is 0.879. The Labute approximate surface area is 131 Å². The van der Waals surface area contributed by atoms with Crippen LogP contribution in [0.2, 0.25) is 0 Å². The lowest BCUT2D eigenvalue weighted by Gasteiger charge is -2.20. The summed E-state index contributed by atoms with van der Waals surface area (Å²) in [5.74, 6) is -0.111. The van der Waals surface area contributed by atoms with Crippen molar-refractivity contribution >= 4 is 24.4 Å². The molecule has 1 unspecified atom stereocenters. The zero-order chi connectivity index (χ0) is 14.4. The van der Waals surface area contributed by atoms with Gasteiger partial charge >= 0.3 is 0 Å². The van der Waals surface area contributed by atoms with E-state index in [1.807, 2.05) is 37.3 Å². The van der Waals surface area contributed by atoms with Gasteiger partial charge in [0, 0.05) is 12.8 Å². The Morgan fingerprint density at radius 1 is 1.29 bits per heavy atom. The molecule has 0 bridgehead atoms. The number of hydrogen-bond donors (Lipinski definition) is 1. The molecule has 1 aromatic carbocycles. The zero-order valence-electron chi connectivity index (χ0n) is 12.0. The average Bonchev–Trinajstić information content (AvgIpc) is 2.49. The lowest BCUT2D eigenvalue weighted by Crippen LogP contribution is -2.25. The van der Waals surface area contributed by atoms with Gasteiger partial charge in [0.25, 0.3) is 0 Å². The lowest BCUT2D eigenvalue weighted by atomic mass is 9.96. The molecule has 0 aliphatic carbocycles. The Kier molecular flexibility index (Phi) is 7.12. The van der Waals surface area contributed by atoms with Crippen LogP contribution in [0.3, 0.4) is 0 Å². The zero-order valence-corrected chi connectivity index (χ0v) is 12.8. The summed E-state index contributed by atoms with van der Waals surface area (Å²) in [6, 6.07) is 9.71. The predicted molar refractivity (Wildman–Crippen MR) is 84.5 cm³/mol. The van der Waals surface area contributed by atoms with E-state index < -0.39 is 0 Å². The number of Topliss-reactive ketones (excluding diaryl/α,β-unsaturated/α-hetero) is 1. The second-order valence-corrected chi connectivity index (χ2v) is 4.66. The third-order valence-corrected chi connectivity index (χ3v) is 3.23. The Morgan fingerprint density at radius 2 is 2.00 bits per heavy atom. The van der Waals surface area contributed by atoms with Crippen LogP contribution in [0, 0.1) is 5.92 Å². The van der Waals surface area contributed by atoms with Crippen molar-refractivity contribution in [2.45, 2.75) is 26.4 Å². The monoisotopic (exact) mass is 309 g/mol. The van der Waals surface area contributed by atoms with Crippen LogP contribution in [0.25, 0.3) is 0 Å². The number of aliphatic hydroxyl groups excluding tert-OH is 1. The molecule has 1 aliphatic rings. The maximum Gasteiger partial charge on any atom is 0.207 e. The average molecular weight is 310 g/mol. The van der Waals surface area contributed by atoms with Crippen LogP contribution in [-0.4, -0.2) is 23.7 Å². The minimum Gasteiger partial charge on any atom is -0.483 e. The van der Waals surface area contributed by atoms with Gasteiger partial charge in [0.2, 0.25) is 5.78 Å². The van der Waals surface area contributed by atoms with Crippen molar-refractivity contribution in [3.05, 3.63) is 47.4 Å². The second kappa shape index (κ2) is 8.60. The summed E-state index contributed by atoms with van der Waals surface area (Å²) in [6.45, 7) is 2.26. The topological polar surface area (TPSA) is 58.9 Å². The van der Waals surface area contributed by atoms with E-state index in [1.165, 1.54) is 0 Å². The van der Waals surface area contributed by atoms with Crippen LogP contribution >= 0.6 is 12.4 Å². The van der Waals surface area contributed by atoms with E-state index in [0.717, 1.165) is 5.56 Å². The summed E-state index contributed by atoms with van der Waals surface area (Å²) in [6.07, 6.45) is 2.66. The van der Waals surface area contributed by atoms with E-state index in [9.17, 15) is 4.79 Å². The maximum atomic E-state index is 12.3. The van der Waals surface area contributed by atoms with Crippen molar-refractivity contribution in [2.24, 2.45) is 10.9 Å². The molecule has 2 rings (SSSR count). The second-order valence-electron chi connectivity index (χ2n) is 4.66. The van der Waals surface area contributed by atoms with Gasteiger partial charge in [-0.15, -0.1) is 12.4 Å². The first kappa shape index (κ1) is 17.4. The third kappa shape index (κ3) is 4.41. The van der Waals surface area contributed by atoms with Gasteiger partial charge < -0.3 is 9.84 Å². The minimum atomic E-state index is -0.374. The van der Waals surface area contributed by atoms with Crippen LogP contribution in [-0.2, 0) is 16.1 Å². The lowest BCUT2D eigenvalue weighted by molar-refractivity contribution is -0.121. The Bertz CT molecular complexity index is 526. The highest BCUT2D eigenvalue weighted by Crippen LogP contribution is 2.23. The fourth-order valence-electron chi connectivity index (χ4n) is 2.10. The van der Waals surface area contributed by atoms with Gasteiger partial charge in [0.15, 0.2) is 5.76 Å². The van der Waals surface area contributed by atoms with E-state index in [0.29, 0.717) is 30.9 Å². The standard InChI is InChI=1S/C16H19NO3.ClH/c1-2-14-16(15(19)13(8-9-18)10-17-14)20-11-12-6-4-3-5-7-12;/h3-7,10,13,18H,2,8-9,11H2,1H3;1H. The van der Waals surface area contributed by atoms with Crippen molar-refractivity contribution < 1.29 is 14.6 Å². The minimum absolute atomic E-state index is 0. The SMILES string of the molecule is CCC1=C(OCc2ccccc2)C(=O)C(CCO)C=N1.Cl. The van der Waals surface area contributed by atoms with E-state index >= 15 is 0 Å². The van der Waals surface area contributed by atoms with Gasteiger partial charge in [-0.1, -0.05) is 37.3 Å². The molecule has 1 aliphatic heterocycles. The first-order chi connectivity index (χ1) is 9.76. The molecule has 0 saturated heterocycles. The normalized spacial score (nSPS) is 17.6. The molecule has 1 atom stereocenters. The first-order valence-electron chi connectivity index (χ1n) is 6.85. The summed E-state index contributed by atoms with van der Waals surface area (Å²) in [5.41, 5.74) is 1.69. The fraction of sp³-hybridized carbons (Fsp3) is 0.375. The Hall–Kier alpha value is -1.65.